The van der Waals surface area contributed by atoms with Crippen LogP contribution in [0, 0.1) is 5.92 Å². The first kappa shape index (κ1) is 19.1. The van der Waals surface area contributed by atoms with Crippen LogP contribution in [0.15, 0.2) is 24.4 Å². The zero-order valence-corrected chi connectivity index (χ0v) is 16.3. The Morgan fingerprint density at radius 1 is 1.26 bits per heavy atom. The zero-order valence-electron chi connectivity index (χ0n) is 15.5. The lowest BCUT2D eigenvalue weighted by Crippen LogP contribution is -2.49. The summed E-state index contributed by atoms with van der Waals surface area (Å²) in [6.45, 7) is 7.08. The molecule has 0 atom stereocenters. The van der Waals surface area contributed by atoms with E-state index in [2.05, 4.69) is 19.6 Å². The van der Waals surface area contributed by atoms with E-state index in [0.29, 0.717) is 43.5 Å². The Morgan fingerprint density at radius 2 is 2.00 bits per heavy atom. The first-order valence-electron chi connectivity index (χ1n) is 8.96. The van der Waals surface area contributed by atoms with Gasteiger partial charge >= 0.3 is 0 Å². The van der Waals surface area contributed by atoms with Crippen molar-refractivity contribution in [1.82, 2.24) is 19.6 Å². The molecule has 0 radical (unpaired) electrons. The SMILES string of the molecule is CC(C)CNC(=O)c1nsc(C(=O)N2CCN(c3ccccn3)CC2)c1N. The number of anilines is 2. The summed E-state index contributed by atoms with van der Waals surface area (Å²) in [5.41, 5.74) is 6.36. The van der Waals surface area contributed by atoms with Crippen LogP contribution in [0.4, 0.5) is 11.5 Å². The van der Waals surface area contributed by atoms with E-state index in [4.69, 9.17) is 5.73 Å². The second-order valence-corrected chi connectivity index (χ2v) is 7.62. The number of piperazine rings is 1. The Balaban J connectivity index is 1.63. The number of nitrogens with one attached hydrogen (secondary N) is 1. The minimum atomic E-state index is -0.337. The second-order valence-electron chi connectivity index (χ2n) is 6.85. The highest BCUT2D eigenvalue weighted by Gasteiger charge is 2.28. The van der Waals surface area contributed by atoms with Crippen LogP contribution < -0.4 is 16.0 Å². The standard InChI is InChI=1S/C18H24N6O2S/c1-12(2)11-21-17(25)15-14(19)16(27-22-15)18(26)24-9-7-23(8-10-24)13-5-3-4-6-20-13/h3-6,12H,7-11,19H2,1-2H3,(H,21,25). The van der Waals surface area contributed by atoms with E-state index >= 15 is 0 Å². The van der Waals surface area contributed by atoms with Crippen LogP contribution in [0.25, 0.3) is 0 Å². The molecule has 3 N–H and O–H groups in total. The molecule has 1 aliphatic rings. The van der Waals surface area contributed by atoms with Crippen LogP contribution in [0.2, 0.25) is 0 Å². The number of nitrogens with two attached hydrogens (primary N) is 1. The van der Waals surface area contributed by atoms with Crippen molar-refractivity contribution in [2.75, 3.05) is 43.4 Å². The number of pyridine rings is 1. The Hall–Kier alpha value is -2.68. The van der Waals surface area contributed by atoms with Crippen molar-refractivity contribution in [3.05, 3.63) is 35.0 Å². The van der Waals surface area contributed by atoms with Crippen LogP contribution in [0.5, 0.6) is 0 Å². The number of hydrogen-bond donors (Lipinski definition) is 2. The van der Waals surface area contributed by atoms with Gasteiger partial charge in [0.2, 0.25) is 0 Å². The fraction of sp³-hybridized carbons (Fsp3) is 0.444. The largest absolute Gasteiger partial charge is 0.395 e. The van der Waals surface area contributed by atoms with Gasteiger partial charge in [0.25, 0.3) is 11.8 Å². The van der Waals surface area contributed by atoms with Gasteiger partial charge in [0, 0.05) is 38.9 Å². The molecule has 2 aromatic rings. The Morgan fingerprint density at radius 3 is 2.63 bits per heavy atom. The predicted octanol–water partition coefficient (Wildman–Crippen LogP) is 1.47. The Labute approximate surface area is 162 Å². The molecule has 1 fully saturated rings. The molecule has 0 bridgehead atoms. The fourth-order valence-electron chi connectivity index (χ4n) is 2.82. The first-order chi connectivity index (χ1) is 13.0. The van der Waals surface area contributed by atoms with Crippen LogP contribution >= 0.6 is 11.5 Å². The van der Waals surface area contributed by atoms with E-state index in [0.717, 1.165) is 17.4 Å². The molecule has 144 valence electrons. The van der Waals surface area contributed by atoms with Gasteiger partial charge in [-0.25, -0.2) is 4.98 Å². The van der Waals surface area contributed by atoms with Crippen LogP contribution in [0.1, 0.15) is 34.0 Å². The highest BCUT2D eigenvalue weighted by molar-refractivity contribution is 7.09. The van der Waals surface area contributed by atoms with Crippen molar-refractivity contribution in [2.24, 2.45) is 5.92 Å². The maximum atomic E-state index is 12.8. The summed E-state index contributed by atoms with van der Waals surface area (Å²) >= 11 is 0.985. The second kappa shape index (κ2) is 8.34. The highest BCUT2D eigenvalue weighted by Crippen LogP contribution is 2.24. The summed E-state index contributed by atoms with van der Waals surface area (Å²) < 4.78 is 4.11. The average Bonchev–Trinajstić information content (AvgIpc) is 3.08. The number of amides is 2. The fourth-order valence-corrected chi connectivity index (χ4v) is 3.58. The van der Waals surface area contributed by atoms with E-state index in [1.165, 1.54) is 0 Å². The van der Waals surface area contributed by atoms with E-state index in [1.54, 1.807) is 11.1 Å². The highest BCUT2D eigenvalue weighted by atomic mass is 32.1. The average molecular weight is 388 g/mol. The summed E-state index contributed by atoms with van der Waals surface area (Å²) in [6.07, 6.45) is 1.76. The zero-order chi connectivity index (χ0) is 19.4. The number of aromatic nitrogens is 2. The lowest BCUT2D eigenvalue weighted by molar-refractivity contribution is 0.0752. The van der Waals surface area contributed by atoms with Gasteiger partial charge in [-0.05, 0) is 29.6 Å². The summed E-state index contributed by atoms with van der Waals surface area (Å²) in [6, 6.07) is 5.79. The minimum absolute atomic E-state index is 0.135. The van der Waals surface area contributed by atoms with Gasteiger partial charge in [-0.1, -0.05) is 19.9 Å². The van der Waals surface area contributed by atoms with Crippen molar-refractivity contribution in [3.63, 3.8) is 0 Å². The molecule has 3 rings (SSSR count). The molecular weight excluding hydrogens is 364 g/mol. The molecule has 3 heterocycles. The summed E-state index contributed by atoms with van der Waals surface area (Å²) in [4.78, 5) is 33.6. The van der Waals surface area contributed by atoms with Crippen LogP contribution in [0.3, 0.4) is 0 Å². The van der Waals surface area contributed by atoms with Crippen molar-refractivity contribution < 1.29 is 9.59 Å². The minimum Gasteiger partial charge on any atom is -0.395 e. The molecule has 2 amide bonds. The van der Waals surface area contributed by atoms with Gasteiger partial charge in [-0.2, -0.15) is 4.37 Å². The number of hydrogen-bond acceptors (Lipinski definition) is 7. The molecule has 0 aliphatic carbocycles. The van der Waals surface area contributed by atoms with Gasteiger partial charge < -0.3 is 20.9 Å². The molecule has 0 unspecified atom stereocenters. The van der Waals surface area contributed by atoms with Gasteiger partial charge in [-0.3, -0.25) is 9.59 Å². The molecule has 0 aromatic carbocycles. The number of carbonyl (C=O) groups excluding carboxylic acids is 2. The number of nitrogens with zero attached hydrogens (tertiary/aromatic N) is 4. The van der Waals surface area contributed by atoms with Gasteiger partial charge in [-0.15, -0.1) is 0 Å². The monoisotopic (exact) mass is 388 g/mol. The van der Waals surface area contributed by atoms with Crippen molar-refractivity contribution in [3.8, 4) is 0 Å². The Bertz CT molecular complexity index is 799. The molecule has 8 nitrogen and oxygen atoms in total. The first-order valence-corrected chi connectivity index (χ1v) is 9.73. The number of carbonyl (C=O) groups is 2. The number of nitrogen functional groups attached to an aromatic ring is 1. The maximum absolute atomic E-state index is 12.8. The summed E-state index contributed by atoms with van der Waals surface area (Å²) in [7, 11) is 0. The van der Waals surface area contributed by atoms with Crippen molar-refractivity contribution in [2.45, 2.75) is 13.8 Å². The smallest absolute Gasteiger partial charge is 0.273 e. The normalized spacial score (nSPS) is 14.5. The van der Waals surface area contributed by atoms with E-state index < -0.39 is 0 Å². The topological polar surface area (TPSA) is 104 Å². The van der Waals surface area contributed by atoms with Crippen LogP contribution in [-0.4, -0.2) is 58.8 Å². The molecule has 1 aliphatic heterocycles. The lowest BCUT2D eigenvalue weighted by Gasteiger charge is -2.35. The third-order valence-electron chi connectivity index (χ3n) is 4.35. The quantitative estimate of drug-likeness (QED) is 0.804. The van der Waals surface area contributed by atoms with Crippen LogP contribution in [-0.2, 0) is 0 Å². The Kier molecular flexibility index (Phi) is 5.90. The van der Waals surface area contributed by atoms with Gasteiger partial charge in [0.15, 0.2) is 5.69 Å². The number of rotatable bonds is 5. The third kappa shape index (κ3) is 4.36. The molecule has 9 heteroatoms. The van der Waals surface area contributed by atoms with Crippen molar-refractivity contribution >= 4 is 34.9 Å². The molecule has 0 saturated carbocycles. The summed E-state index contributed by atoms with van der Waals surface area (Å²) in [5.74, 6) is 0.723. The maximum Gasteiger partial charge on any atom is 0.273 e. The molecular formula is C18H24N6O2S. The van der Waals surface area contributed by atoms with E-state index in [-0.39, 0.29) is 23.2 Å². The third-order valence-corrected chi connectivity index (χ3v) is 5.20. The molecule has 0 spiro atoms. The molecule has 27 heavy (non-hydrogen) atoms. The molecule has 2 aromatic heterocycles. The lowest BCUT2D eigenvalue weighted by atomic mass is 10.2. The van der Waals surface area contributed by atoms with Gasteiger partial charge in [0.05, 0.1) is 5.69 Å². The van der Waals surface area contributed by atoms with Crippen molar-refractivity contribution in [1.29, 1.82) is 0 Å². The molecule has 1 saturated heterocycles. The van der Waals surface area contributed by atoms with Gasteiger partial charge in [0.1, 0.15) is 10.7 Å². The van der Waals surface area contributed by atoms with E-state index in [1.807, 2.05) is 32.0 Å². The van der Waals surface area contributed by atoms with E-state index in [9.17, 15) is 9.59 Å². The summed E-state index contributed by atoms with van der Waals surface area (Å²) in [5, 5.41) is 2.78. The predicted molar refractivity (Wildman–Crippen MR) is 106 cm³/mol.